The number of nitrogens with one attached hydrogen (secondary N) is 1. The van der Waals surface area contributed by atoms with Crippen LogP contribution in [0.2, 0.25) is 0 Å². The van der Waals surface area contributed by atoms with Gasteiger partial charge in [0.1, 0.15) is 0 Å². The molecular formula is C11H19N3O2. The Morgan fingerprint density at radius 3 is 2.62 bits per heavy atom. The molecule has 0 aliphatic heterocycles. The number of hydrogen-bond acceptors (Lipinski definition) is 3. The average molecular weight is 225 g/mol. The summed E-state index contributed by atoms with van der Waals surface area (Å²) in [5, 5.41) is 15.8. The molecule has 0 aliphatic carbocycles. The van der Waals surface area contributed by atoms with E-state index in [1.165, 1.54) is 0 Å². The van der Waals surface area contributed by atoms with Gasteiger partial charge in [-0.2, -0.15) is 5.10 Å². The Labute approximate surface area is 95.5 Å². The summed E-state index contributed by atoms with van der Waals surface area (Å²) in [5.74, 6) is -0.0513. The summed E-state index contributed by atoms with van der Waals surface area (Å²) in [6.45, 7) is 6.11. The summed E-state index contributed by atoms with van der Waals surface area (Å²) >= 11 is 0. The largest absolute Gasteiger partial charge is 0.396 e. The van der Waals surface area contributed by atoms with Crippen LogP contribution in [0.25, 0.3) is 0 Å². The van der Waals surface area contributed by atoms with E-state index in [0.717, 1.165) is 11.4 Å². The Hall–Kier alpha value is -1.36. The maximum Gasteiger partial charge on any atom is 0.255 e. The van der Waals surface area contributed by atoms with Crippen molar-refractivity contribution < 1.29 is 9.90 Å². The fourth-order valence-corrected chi connectivity index (χ4v) is 1.52. The van der Waals surface area contributed by atoms with Crippen molar-refractivity contribution in [1.29, 1.82) is 0 Å². The van der Waals surface area contributed by atoms with Crippen LogP contribution in [0.1, 0.15) is 28.7 Å². The van der Waals surface area contributed by atoms with Gasteiger partial charge in [-0.05, 0) is 19.8 Å². The number of aliphatic hydroxyl groups excluding tert-OH is 1. The number of aromatic nitrogens is 2. The number of carbonyl (C=O) groups excluding carboxylic acids is 1. The molecule has 1 heterocycles. The Kier molecular flexibility index (Phi) is 4.06. The van der Waals surface area contributed by atoms with Crippen molar-refractivity contribution in [2.75, 3.05) is 13.2 Å². The first-order valence-corrected chi connectivity index (χ1v) is 5.36. The maximum atomic E-state index is 11.9. The van der Waals surface area contributed by atoms with E-state index >= 15 is 0 Å². The van der Waals surface area contributed by atoms with Gasteiger partial charge in [-0.25, -0.2) is 0 Å². The van der Waals surface area contributed by atoms with E-state index in [4.69, 9.17) is 5.11 Å². The summed E-state index contributed by atoms with van der Waals surface area (Å²) in [4.78, 5) is 11.9. The van der Waals surface area contributed by atoms with Crippen molar-refractivity contribution >= 4 is 5.91 Å². The second-order valence-electron chi connectivity index (χ2n) is 4.17. The first kappa shape index (κ1) is 12.7. The zero-order chi connectivity index (χ0) is 12.3. The van der Waals surface area contributed by atoms with Crippen molar-refractivity contribution in [3.8, 4) is 0 Å². The van der Waals surface area contributed by atoms with Crippen molar-refractivity contribution in [3.63, 3.8) is 0 Å². The van der Waals surface area contributed by atoms with Gasteiger partial charge in [-0.15, -0.1) is 0 Å². The molecule has 5 heteroatoms. The number of nitrogens with zero attached hydrogens (tertiary/aromatic N) is 2. The molecule has 0 saturated carbocycles. The molecule has 0 spiro atoms. The first-order valence-electron chi connectivity index (χ1n) is 5.36. The second-order valence-corrected chi connectivity index (χ2v) is 4.17. The van der Waals surface area contributed by atoms with Crippen molar-refractivity contribution in [2.24, 2.45) is 13.0 Å². The van der Waals surface area contributed by atoms with E-state index in [-0.39, 0.29) is 18.4 Å². The maximum absolute atomic E-state index is 11.9. The molecule has 1 atom stereocenters. The van der Waals surface area contributed by atoms with Gasteiger partial charge in [0.05, 0.1) is 11.3 Å². The van der Waals surface area contributed by atoms with Crippen LogP contribution in [0.3, 0.4) is 0 Å². The summed E-state index contributed by atoms with van der Waals surface area (Å²) in [6.07, 6.45) is 0. The van der Waals surface area contributed by atoms with Gasteiger partial charge in [0.15, 0.2) is 0 Å². The van der Waals surface area contributed by atoms with Crippen molar-refractivity contribution in [2.45, 2.75) is 20.8 Å². The lowest BCUT2D eigenvalue weighted by molar-refractivity contribution is 0.0941. The highest BCUT2D eigenvalue weighted by Crippen LogP contribution is 2.11. The van der Waals surface area contributed by atoms with E-state index in [1.54, 1.807) is 4.68 Å². The molecule has 0 saturated heterocycles. The van der Waals surface area contributed by atoms with Crippen LogP contribution in [0.15, 0.2) is 0 Å². The number of carbonyl (C=O) groups is 1. The first-order chi connectivity index (χ1) is 7.47. The number of hydrogen-bond donors (Lipinski definition) is 2. The van der Waals surface area contributed by atoms with Crippen LogP contribution >= 0.6 is 0 Å². The van der Waals surface area contributed by atoms with Gasteiger partial charge < -0.3 is 10.4 Å². The smallest absolute Gasteiger partial charge is 0.255 e. The fraction of sp³-hybridized carbons (Fsp3) is 0.636. The lowest BCUT2D eigenvalue weighted by Gasteiger charge is -2.09. The third-order valence-corrected chi connectivity index (χ3v) is 2.66. The van der Waals surface area contributed by atoms with Crippen molar-refractivity contribution in [3.05, 3.63) is 17.0 Å². The predicted octanol–water partition coefficient (Wildman–Crippen LogP) is 0.395. The van der Waals surface area contributed by atoms with E-state index in [2.05, 4.69) is 10.4 Å². The van der Waals surface area contributed by atoms with Crippen LogP contribution in [-0.2, 0) is 7.05 Å². The standard InChI is InChI=1S/C11H19N3O2/c1-7(6-15)5-12-11(16)10-8(2)13-14(4)9(10)3/h7,15H,5-6H2,1-4H3,(H,12,16). The summed E-state index contributed by atoms with van der Waals surface area (Å²) in [6, 6.07) is 0. The number of amides is 1. The molecule has 1 amide bonds. The van der Waals surface area contributed by atoms with Gasteiger partial charge in [-0.3, -0.25) is 9.48 Å². The van der Waals surface area contributed by atoms with E-state index in [1.807, 2.05) is 27.8 Å². The lowest BCUT2D eigenvalue weighted by Crippen LogP contribution is -2.30. The molecule has 1 aromatic rings. The highest BCUT2D eigenvalue weighted by atomic mass is 16.3. The monoisotopic (exact) mass is 225 g/mol. The SMILES string of the molecule is Cc1nn(C)c(C)c1C(=O)NCC(C)CO. The van der Waals surface area contributed by atoms with Gasteiger partial charge in [0.25, 0.3) is 5.91 Å². The summed E-state index contributed by atoms with van der Waals surface area (Å²) in [5.41, 5.74) is 2.22. The third kappa shape index (κ3) is 2.61. The van der Waals surface area contributed by atoms with Gasteiger partial charge in [-0.1, -0.05) is 6.92 Å². The molecule has 0 bridgehead atoms. The second kappa shape index (κ2) is 5.12. The highest BCUT2D eigenvalue weighted by molar-refractivity contribution is 5.96. The van der Waals surface area contributed by atoms with Crippen LogP contribution in [0, 0.1) is 19.8 Å². The molecular weight excluding hydrogens is 206 g/mol. The van der Waals surface area contributed by atoms with Crippen molar-refractivity contribution in [1.82, 2.24) is 15.1 Å². The Morgan fingerprint density at radius 1 is 1.56 bits per heavy atom. The van der Waals surface area contributed by atoms with Gasteiger partial charge >= 0.3 is 0 Å². The Morgan fingerprint density at radius 2 is 2.19 bits per heavy atom. The number of rotatable bonds is 4. The van der Waals surface area contributed by atoms with Crippen LogP contribution in [0.5, 0.6) is 0 Å². The van der Waals surface area contributed by atoms with Crippen LogP contribution < -0.4 is 5.32 Å². The number of aryl methyl sites for hydroxylation is 2. The Balaban J connectivity index is 2.73. The molecule has 0 aliphatic rings. The molecule has 1 aromatic heterocycles. The Bertz CT molecular complexity index is 385. The summed E-state index contributed by atoms with van der Waals surface area (Å²) in [7, 11) is 1.81. The minimum atomic E-state index is -0.122. The molecule has 0 fully saturated rings. The summed E-state index contributed by atoms with van der Waals surface area (Å²) < 4.78 is 1.69. The van der Waals surface area contributed by atoms with E-state index in [0.29, 0.717) is 12.1 Å². The molecule has 1 unspecified atom stereocenters. The normalized spacial score (nSPS) is 12.6. The quantitative estimate of drug-likeness (QED) is 0.779. The molecule has 2 N–H and O–H groups in total. The molecule has 1 rings (SSSR count). The zero-order valence-corrected chi connectivity index (χ0v) is 10.2. The molecule has 0 radical (unpaired) electrons. The van der Waals surface area contributed by atoms with E-state index < -0.39 is 0 Å². The topological polar surface area (TPSA) is 67.2 Å². The molecule has 0 aromatic carbocycles. The predicted molar refractivity (Wildman–Crippen MR) is 61.3 cm³/mol. The molecule has 16 heavy (non-hydrogen) atoms. The third-order valence-electron chi connectivity index (χ3n) is 2.66. The highest BCUT2D eigenvalue weighted by Gasteiger charge is 2.17. The number of aliphatic hydroxyl groups is 1. The van der Waals surface area contributed by atoms with Gasteiger partial charge in [0, 0.05) is 25.9 Å². The minimum absolute atomic E-state index is 0.0706. The van der Waals surface area contributed by atoms with Crippen LogP contribution in [-0.4, -0.2) is 33.9 Å². The fourth-order valence-electron chi connectivity index (χ4n) is 1.52. The van der Waals surface area contributed by atoms with Crippen LogP contribution in [0.4, 0.5) is 0 Å². The van der Waals surface area contributed by atoms with Gasteiger partial charge in [0.2, 0.25) is 0 Å². The average Bonchev–Trinajstić information content (AvgIpc) is 2.49. The lowest BCUT2D eigenvalue weighted by atomic mass is 10.1. The molecule has 5 nitrogen and oxygen atoms in total. The zero-order valence-electron chi connectivity index (χ0n) is 10.2. The minimum Gasteiger partial charge on any atom is -0.396 e. The van der Waals surface area contributed by atoms with E-state index in [9.17, 15) is 4.79 Å². The molecule has 90 valence electrons.